The number of aryl methyl sites for hydroxylation is 1. The molecule has 0 aliphatic carbocycles. The molecule has 1 N–H and O–H groups in total. The molecule has 2 aromatic rings. The van der Waals surface area contributed by atoms with Crippen LogP contribution in [0.1, 0.15) is 23.0 Å². The van der Waals surface area contributed by atoms with E-state index in [1.165, 1.54) is 11.1 Å². The van der Waals surface area contributed by atoms with Crippen molar-refractivity contribution in [1.29, 1.82) is 0 Å². The number of rotatable bonds is 4. The van der Waals surface area contributed by atoms with Crippen molar-refractivity contribution in [3.05, 3.63) is 47.5 Å². The second-order valence-corrected chi connectivity index (χ2v) is 5.37. The molecule has 0 bridgehead atoms. The van der Waals surface area contributed by atoms with Gasteiger partial charge in [-0.05, 0) is 25.1 Å². The van der Waals surface area contributed by atoms with Crippen LogP contribution in [0.3, 0.4) is 0 Å². The standard InChI is InChI=1S/C15H21N5/c1-12-5-3-4-6-13(12)14(16-2)9-19-7-8-20-11-17-18-15(20)10-19/h3-6,11,14,16H,7-10H2,1-2H3. The molecule has 1 aliphatic rings. The van der Waals surface area contributed by atoms with Crippen LogP contribution in [-0.2, 0) is 13.1 Å². The molecule has 2 heterocycles. The maximum atomic E-state index is 4.18. The number of benzene rings is 1. The van der Waals surface area contributed by atoms with Crippen molar-refractivity contribution < 1.29 is 0 Å². The Kier molecular flexibility index (Phi) is 3.80. The van der Waals surface area contributed by atoms with E-state index in [2.05, 4.69) is 56.2 Å². The Morgan fingerprint density at radius 3 is 2.95 bits per heavy atom. The van der Waals surface area contributed by atoms with Crippen molar-refractivity contribution in [3.63, 3.8) is 0 Å². The maximum Gasteiger partial charge on any atom is 0.147 e. The van der Waals surface area contributed by atoms with E-state index in [-0.39, 0.29) is 0 Å². The van der Waals surface area contributed by atoms with E-state index >= 15 is 0 Å². The van der Waals surface area contributed by atoms with Crippen LogP contribution in [0, 0.1) is 6.92 Å². The van der Waals surface area contributed by atoms with Crippen LogP contribution in [0.5, 0.6) is 0 Å². The Morgan fingerprint density at radius 1 is 1.30 bits per heavy atom. The predicted octanol–water partition coefficient (Wildman–Crippen LogP) is 1.36. The highest BCUT2D eigenvalue weighted by atomic mass is 15.3. The van der Waals surface area contributed by atoms with Crippen LogP contribution in [0.15, 0.2) is 30.6 Å². The fourth-order valence-corrected chi connectivity index (χ4v) is 2.85. The molecule has 0 saturated heterocycles. The number of likely N-dealkylation sites (N-methyl/N-ethyl adjacent to an activating group) is 1. The van der Waals surface area contributed by atoms with Gasteiger partial charge in [0.1, 0.15) is 12.2 Å². The van der Waals surface area contributed by atoms with E-state index in [0.717, 1.165) is 32.0 Å². The van der Waals surface area contributed by atoms with E-state index in [4.69, 9.17) is 0 Å². The number of nitrogens with one attached hydrogen (secondary N) is 1. The summed E-state index contributed by atoms with van der Waals surface area (Å²) in [5.74, 6) is 1.07. The lowest BCUT2D eigenvalue weighted by atomic mass is 10.0. The van der Waals surface area contributed by atoms with Crippen molar-refractivity contribution in [2.45, 2.75) is 26.1 Å². The average molecular weight is 271 g/mol. The van der Waals surface area contributed by atoms with Crippen LogP contribution in [0.25, 0.3) is 0 Å². The van der Waals surface area contributed by atoms with Crippen LogP contribution in [0.4, 0.5) is 0 Å². The molecule has 20 heavy (non-hydrogen) atoms. The second-order valence-electron chi connectivity index (χ2n) is 5.37. The summed E-state index contributed by atoms with van der Waals surface area (Å²) in [4.78, 5) is 2.44. The van der Waals surface area contributed by atoms with E-state index in [0.29, 0.717) is 6.04 Å². The maximum absolute atomic E-state index is 4.18. The van der Waals surface area contributed by atoms with Crippen LogP contribution in [0.2, 0.25) is 0 Å². The highest BCUT2D eigenvalue weighted by Crippen LogP contribution is 2.20. The molecule has 1 aromatic heterocycles. The summed E-state index contributed by atoms with van der Waals surface area (Å²) in [5.41, 5.74) is 2.72. The van der Waals surface area contributed by atoms with Crippen molar-refractivity contribution in [3.8, 4) is 0 Å². The summed E-state index contributed by atoms with van der Waals surface area (Å²) in [5, 5.41) is 11.6. The van der Waals surface area contributed by atoms with Gasteiger partial charge in [0.15, 0.2) is 0 Å². The van der Waals surface area contributed by atoms with Gasteiger partial charge in [0, 0.05) is 25.7 Å². The van der Waals surface area contributed by atoms with Gasteiger partial charge >= 0.3 is 0 Å². The minimum Gasteiger partial charge on any atom is -0.315 e. The average Bonchev–Trinajstić information content (AvgIpc) is 2.93. The van der Waals surface area contributed by atoms with Gasteiger partial charge in [-0.3, -0.25) is 4.90 Å². The Morgan fingerprint density at radius 2 is 2.15 bits per heavy atom. The molecule has 1 aromatic carbocycles. The highest BCUT2D eigenvalue weighted by Gasteiger charge is 2.21. The molecule has 0 fully saturated rings. The van der Waals surface area contributed by atoms with Crippen LogP contribution >= 0.6 is 0 Å². The summed E-state index contributed by atoms with van der Waals surface area (Å²) in [6.45, 7) is 6.08. The largest absolute Gasteiger partial charge is 0.315 e. The molecule has 3 rings (SSSR count). The van der Waals surface area contributed by atoms with Gasteiger partial charge in [0.25, 0.3) is 0 Å². The van der Waals surface area contributed by atoms with Gasteiger partial charge < -0.3 is 9.88 Å². The molecule has 1 atom stereocenters. The number of hydrogen-bond acceptors (Lipinski definition) is 4. The first-order chi connectivity index (χ1) is 9.78. The first kappa shape index (κ1) is 13.3. The molecule has 5 nitrogen and oxygen atoms in total. The number of fused-ring (bicyclic) bond motifs is 1. The van der Waals surface area contributed by atoms with Crippen molar-refractivity contribution in [1.82, 2.24) is 25.0 Å². The Bertz CT molecular complexity index is 577. The smallest absolute Gasteiger partial charge is 0.147 e. The van der Waals surface area contributed by atoms with Crippen LogP contribution in [-0.4, -0.2) is 39.8 Å². The Balaban J connectivity index is 1.72. The minimum atomic E-state index is 0.352. The zero-order chi connectivity index (χ0) is 13.9. The van der Waals surface area contributed by atoms with Gasteiger partial charge in [0.2, 0.25) is 0 Å². The zero-order valence-electron chi connectivity index (χ0n) is 12.1. The van der Waals surface area contributed by atoms with Gasteiger partial charge in [-0.2, -0.15) is 0 Å². The highest BCUT2D eigenvalue weighted by molar-refractivity contribution is 5.29. The zero-order valence-corrected chi connectivity index (χ0v) is 12.1. The van der Waals surface area contributed by atoms with Crippen molar-refractivity contribution >= 4 is 0 Å². The lowest BCUT2D eigenvalue weighted by Crippen LogP contribution is -2.39. The number of nitrogens with zero attached hydrogens (tertiary/aromatic N) is 4. The monoisotopic (exact) mass is 271 g/mol. The molecule has 106 valence electrons. The third-order valence-corrected chi connectivity index (χ3v) is 4.07. The van der Waals surface area contributed by atoms with Gasteiger partial charge in [-0.1, -0.05) is 24.3 Å². The van der Waals surface area contributed by atoms with Crippen LogP contribution < -0.4 is 5.32 Å². The van der Waals surface area contributed by atoms with Crippen molar-refractivity contribution in [2.24, 2.45) is 0 Å². The van der Waals surface area contributed by atoms with E-state index in [1.54, 1.807) is 0 Å². The molecule has 1 aliphatic heterocycles. The predicted molar refractivity (Wildman–Crippen MR) is 78.3 cm³/mol. The summed E-state index contributed by atoms with van der Waals surface area (Å²) in [7, 11) is 2.03. The third kappa shape index (κ3) is 2.59. The lowest BCUT2D eigenvalue weighted by Gasteiger charge is -2.31. The quantitative estimate of drug-likeness (QED) is 0.912. The first-order valence-electron chi connectivity index (χ1n) is 7.10. The van der Waals surface area contributed by atoms with E-state index in [9.17, 15) is 0 Å². The van der Waals surface area contributed by atoms with Gasteiger partial charge in [-0.15, -0.1) is 10.2 Å². The molecule has 0 saturated carbocycles. The molecule has 1 unspecified atom stereocenters. The fourth-order valence-electron chi connectivity index (χ4n) is 2.85. The Hall–Kier alpha value is -1.72. The summed E-state index contributed by atoms with van der Waals surface area (Å²) in [6.07, 6.45) is 1.82. The number of aromatic nitrogens is 3. The molecule has 0 amide bonds. The summed E-state index contributed by atoms with van der Waals surface area (Å²) >= 11 is 0. The van der Waals surface area contributed by atoms with Gasteiger partial charge in [-0.25, -0.2) is 0 Å². The molecule has 0 radical (unpaired) electrons. The summed E-state index contributed by atoms with van der Waals surface area (Å²) < 4.78 is 2.14. The molecular formula is C15H21N5. The minimum absolute atomic E-state index is 0.352. The number of hydrogen-bond donors (Lipinski definition) is 1. The molecular weight excluding hydrogens is 250 g/mol. The van der Waals surface area contributed by atoms with Gasteiger partial charge in [0.05, 0.1) is 6.54 Å². The van der Waals surface area contributed by atoms with E-state index < -0.39 is 0 Å². The van der Waals surface area contributed by atoms with Crippen molar-refractivity contribution in [2.75, 3.05) is 20.1 Å². The summed E-state index contributed by atoms with van der Waals surface area (Å²) in [6, 6.07) is 8.94. The lowest BCUT2D eigenvalue weighted by molar-refractivity contribution is 0.197. The normalized spacial score (nSPS) is 16.9. The molecule has 5 heteroatoms. The Labute approximate surface area is 119 Å². The second kappa shape index (κ2) is 5.73. The van der Waals surface area contributed by atoms with E-state index in [1.807, 2.05) is 13.4 Å². The first-order valence-corrected chi connectivity index (χ1v) is 7.10. The topological polar surface area (TPSA) is 46.0 Å². The fraction of sp³-hybridized carbons (Fsp3) is 0.467. The third-order valence-electron chi connectivity index (χ3n) is 4.07. The molecule has 0 spiro atoms. The SMILES string of the molecule is CNC(CN1CCn2cnnc2C1)c1ccccc1C.